The number of ether oxygens (including phenoxy) is 1. The van der Waals surface area contributed by atoms with Crippen molar-refractivity contribution in [3.05, 3.63) is 28.8 Å². The number of hydrazine groups is 1. The molecule has 2 N–H and O–H groups in total. The van der Waals surface area contributed by atoms with E-state index >= 15 is 0 Å². The zero-order valence-corrected chi connectivity index (χ0v) is 12.7. The highest BCUT2D eigenvalue weighted by Gasteiger charge is 2.22. The lowest BCUT2D eigenvalue weighted by molar-refractivity contribution is -0.132. The van der Waals surface area contributed by atoms with Gasteiger partial charge in [-0.15, -0.1) is 0 Å². The van der Waals surface area contributed by atoms with Gasteiger partial charge in [-0.25, -0.2) is 0 Å². The minimum Gasteiger partial charge on any atom is -0.483 e. The number of halogens is 1. The molecule has 0 saturated heterocycles. The van der Waals surface area contributed by atoms with Gasteiger partial charge < -0.3 is 4.74 Å². The fraction of sp³-hybridized carbons (Fsp3) is 0.467. The van der Waals surface area contributed by atoms with Crippen molar-refractivity contribution in [3.63, 3.8) is 0 Å². The van der Waals surface area contributed by atoms with Crippen LogP contribution in [0, 0.1) is 12.8 Å². The molecule has 1 saturated carbocycles. The van der Waals surface area contributed by atoms with E-state index in [1.54, 1.807) is 18.2 Å². The molecular formula is C15H19ClN2O3. The van der Waals surface area contributed by atoms with Gasteiger partial charge in [-0.2, -0.15) is 0 Å². The summed E-state index contributed by atoms with van der Waals surface area (Å²) in [5.74, 6) is 0.0978. The molecule has 6 heteroatoms. The molecule has 2 rings (SSSR count). The summed E-state index contributed by atoms with van der Waals surface area (Å²) in [6.07, 6.45) is 3.93. The Morgan fingerprint density at radius 3 is 2.67 bits per heavy atom. The zero-order chi connectivity index (χ0) is 15.2. The molecule has 1 aromatic carbocycles. The number of hydrogen-bond donors (Lipinski definition) is 2. The maximum absolute atomic E-state index is 11.7. The molecule has 0 bridgehead atoms. The lowest BCUT2D eigenvalue weighted by Crippen LogP contribution is -2.45. The van der Waals surface area contributed by atoms with Crippen molar-refractivity contribution in [1.82, 2.24) is 10.9 Å². The number of amides is 2. The largest absolute Gasteiger partial charge is 0.483 e. The summed E-state index contributed by atoms with van der Waals surface area (Å²) in [6.45, 7) is 1.69. The van der Waals surface area contributed by atoms with Crippen LogP contribution in [0.2, 0.25) is 5.02 Å². The van der Waals surface area contributed by atoms with Gasteiger partial charge in [-0.05, 0) is 43.5 Å². The number of rotatable bonds is 4. The average Bonchev–Trinajstić information content (AvgIpc) is 2.98. The van der Waals surface area contributed by atoms with Crippen molar-refractivity contribution in [1.29, 1.82) is 0 Å². The highest BCUT2D eigenvalue weighted by molar-refractivity contribution is 6.30. The smallest absolute Gasteiger partial charge is 0.276 e. The topological polar surface area (TPSA) is 67.4 Å². The molecule has 0 aromatic heterocycles. The second-order valence-corrected chi connectivity index (χ2v) is 5.65. The van der Waals surface area contributed by atoms with Gasteiger partial charge in [0.1, 0.15) is 5.75 Å². The van der Waals surface area contributed by atoms with Crippen LogP contribution < -0.4 is 15.6 Å². The standard InChI is InChI=1S/C15H19ClN2O3/c1-10-8-12(16)6-7-13(10)21-9-14(19)17-18-15(20)11-4-2-3-5-11/h6-8,11H,2-5,9H2,1H3,(H,17,19)(H,18,20). The minimum atomic E-state index is -0.393. The van der Waals surface area contributed by atoms with E-state index in [1.807, 2.05) is 6.92 Å². The highest BCUT2D eigenvalue weighted by atomic mass is 35.5. The van der Waals surface area contributed by atoms with Crippen LogP contribution in [-0.2, 0) is 9.59 Å². The van der Waals surface area contributed by atoms with E-state index in [-0.39, 0.29) is 18.4 Å². The lowest BCUT2D eigenvalue weighted by atomic mass is 10.1. The van der Waals surface area contributed by atoms with Gasteiger partial charge in [-0.1, -0.05) is 24.4 Å². The van der Waals surface area contributed by atoms with Gasteiger partial charge in [0, 0.05) is 10.9 Å². The van der Waals surface area contributed by atoms with Gasteiger partial charge >= 0.3 is 0 Å². The fourth-order valence-electron chi connectivity index (χ4n) is 2.38. The van der Waals surface area contributed by atoms with Crippen molar-refractivity contribution in [2.75, 3.05) is 6.61 Å². The van der Waals surface area contributed by atoms with E-state index in [0.29, 0.717) is 10.8 Å². The van der Waals surface area contributed by atoms with Crippen molar-refractivity contribution < 1.29 is 14.3 Å². The molecule has 1 aromatic rings. The van der Waals surface area contributed by atoms with Crippen molar-refractivity contribution in [2.45, 2.75) is 32.6 Å². The number of carbonyl (C=O) groups is 2. The number of nitrogens with one attached hydrogen (secondary N) is 2. The lowest BCUT2D eigenvalue weighted by Gasteiger charge is -2.12. The minimum absolute atomic E-state index is 0.0183. The molecular weight excluding hydrogens is 292 g/mol. The molecule has 1 aliphatic carbocycles. The first-order chi connectivity index (χ1) is 10.1. The summed E-state index contributed by atoms with van der Waals surface area (Å²) in [4.78, 5) is 23.4. The summed E-state index contributed by atoms with van der Waals surface area (Å²) in [5, 5.41) is 0.619. The fourth-order valence-corrected chi connectivity index (χ4v) is 2.60. The Morgan fingerprint density at radius 2 is 2.00 bits per heavy atom. The van der Waals surface area contributed by atoms with Crippen LogP contribution in [0.1, 0.15) is 31.2 Å². The molecule has 1 fully saturated rings. The molecule has 0 atom stereocenters. The molecule has 1 aliphatic rings. The van der Waals surface area contributed by atoms with Gasteiger partial charge in [0.15, 0.2) is 6.61 Å². The molecule has 21 heavy (non-hydrogen) atoms. The van der Waals surface area contributed by atoms with Crippen LogP contribution in [0.5, 0.6) is 5.75 Å². The van der Waals surface area contributed by atoms with E-state index in [1.165, 1.54) is 0 Å². The number of hydrogen-bond acceptors (Lipinski definition) is 3. The van der Waals surface area contributed by atoms with E-state index < -0.39 is 5.91 Å². The zero-order valence-electron chi connectivity index (χ0n) is 11.9. The van der Waals surface area contributed by atoms with Crippen LogP contribution in [0.15, 0.2) is 18.2 Å². The first-order valence-electron chi connectivity index (χ1n) is 7.04. The monoisotopic (exact) mass is 310 g/mol. The summed E-state index contributed by atoms with van der Waals surface area (Å²) >= 11 is 5.84. The van der Waals surface area contributed by atoms with Crippen LogP contribution >= 0.6 is 11.6 Å². The van der Waals surface area contributed by atoms with Crippen molar-refractivity contribution in [2.24, 2.45) is 5.92 Å². The van der Waals surface area contributed by atoms with E-state index in [2.05, 4.69) is 10.9 Å². The summed E-state index contributed by atoms with van der Waals surface area (Å²) < 4.78 is 5.39. The predicted molar refractivity (Wildman–Crippen MR) is 79.9 cm³/mol. The molecule has 114 valence electrons. The van der Waals surface area contributed by atoms with Crippen molar-refractivity contribution in [3.8, 4) is 5.75 Å². The molecule has 5 nitrogen and oxygen atoms in total. The second-order valence-electron chi connectivity index (χ2n) is 5.22. The molecule has 2 amide bonds. The van der Waals surface area contributed by atoms with Crippen LogP contribution in [-0.4, -0.2) is 18.4 Å². The maximum atomic E-state index is 11.7. The Morgan fingerprint density at radius 1 is 1.29 bits per heavy atom. The SMILES string of the molecule is Cc1cc(Cl)ccc1OCC(=O)NNC(=O)C1CCCC1. The third kappa shape index (κ3) is 4.63. The molecule has 0 spiro atoms. The summed E-state index contributed by atoms with van der Waals surface area (Å²) in [5.41, 5.74) is 5.67. The second kappa shape index (κ2) is 7.31. The van der Waals surface area contributed by atoms with Gasteiger partial charge in [0.25, 0.3) is 5.91 Å². The first kappa shape index (κ1) is 15.6. The Bertz CT molecular complexity index is 528. The van der Waals surface area contributed by atoms with Gasteiger partial charge in [0.2, 0.25) is 5.91 Å². The van der Waals surface area contributed by atoms with E-state index in [9.17, 15) is 9.59 Å². The normalized spacial score (nSPS) is 14.8. The number of aryl methyl sites for hydroxylation is 1. The molecule has 0 aliphatic heterocycles. The first-order valence-corrected chi connectivity index (χ1v) is 7.41. The highest BCUT2D eigenvalue weighted by Crippen LogP contribution is 2.24. The number of benzene rings is 1. The molecule has 0 unspecified atom stereocenters. The van der Waals surface area contributed by atoms with Crippen LogP contribution in [0.25, 0.3) is 0 Å². The van der Waals surface area contributed by atoms with Crippen molar-refractivity contribution >= 4 is 23.4 Å². The quantitative estimate of drug-likeness (QED) is 0.839. The molecule has 0 heterocycles. The molecule has 0 radical (unpaired) electrons. The van der Waals surface area contributed by atoms with Crippen LogP contribution in [0.3, 0.4) is 0 Å². The maximum Gasteiger partial charge on any atom is 0.276 e. The average molecular weight is 311 g/mol. The van der Waals surface area contributed by atoms with Gasteiger partial charge in [0.05, 0.1) is 0 Å². The summed E-state index contributed by atoms with van der Waals surface area (Å²) in [6, 6.07) is 5.17. The Labute approximate surface area is 129 Å². The Kier molecular flexibility index (Phi) is 5.44. The third-order valence-electron chi connectivity index (χ3n) is 3.55. The van der Waals surface area contributed by atoms with Gasteiger partial charge in [-0.3, -0.25) is 20.4 Å². The predicted octanol–water partition coefficient (Wildman–Crippen LogP) is 2.36. The van der Waals surface area contributed by atoms with E-state index in [0.717, 1.165) is 31.2 Å². The van der Waals surface area contributed by atoms with Crippen LogP contribution in [0.4, 0.5) is 0 Å². The Balaban J connectivity index is 1.73. The van der Waals surface area contributed by atoms with E-state index in [4.69, 9.17) is 16.3 Å². The third-order valence-corrected chi connectivity index (χ3v) is 3.78. The summed E-state index contributed by atoms with van der Waals surface area (Å²) in [7, 11) is 0. The number of carbonyl (C=O) groups excluding carboxylic acids is 2. The Hall–Kier alpha value is -1.75.